The summed E-state index contributed by atoms with van der Waals surface area (Å²) >= 11 is 12.1. The van der Waals surface area contributed by atoms with Crippen LogP contribution in [0.25, 0.3) is 5.69 Å². The number of aromatic nitrogens is 2. The number of morpholine rings is 1. The van der Waals surface area contributed by atoms with Crippen LogP contribution in [0.15, 0.2) is 60.9 Å². The third kappa shape index (κ3) is 6.08. The average Bonchev–Trinajstić information content (AvgIpc) is 3.31. The van der Waals surface area contributed by atoms with Crippen LogP contribution in [-0.4, -0.2) is 52.9 Å². The molecular weight excluding hydrogens is 435 g/mol. The van der Waals surface area contributed by atoms with Crippen molar-refractivity contribution in [1.29, 1.82) is 0 Å². The molecule has 6 nitrogen and oxygen atoms in total. The van der Waals surface area contributed by atoms with Gasteiger partial charge in [-0.2, -0.15) is 5.10 Å². The molecule has 4 rings (SSSR count). The van der Waals surface area contributed by atoms with Gasteiger partial charge in [-0.25, -0.2) is 4.68 Å². The first-order valence-corrected chi connectivity index (χ1v) is 11.0. The van der Waals surface area contributed by atoms with E-state index in [9.17, 15) is 4.79 Å². The molecule has 1 aromatic heterocycles. The van der Waals surface area contributed by atoms with E-state index in [1.54, 1.807) is 10.9 Å². The Kier molecular flexibility index (Phi) is 7.25. The van der Waals surface area contributed by atoms with Gasteiger partial charge in [0.15, 0.2) is 0 Å². The first-order valence-electron chi connectivity index (χ1n) is 10.2. The second-order valence-electron chi connectivity index (χ2n) is 7.57. The molecule has 1 fully saturated rings. The molecule has 3 aromatic rings. The van der Waals surface area contributed by atoms with Gasteiger partial charge in [0.1, 0.15) is 0 Å². The van der Waals surface area contributed by atoms with Gasteiger partial charge in [-0.05, 0) is 41.5 Å². The minimum atomic E-state index is -0.0392. The predicted octanol–water partition coefficient (Wildman–Crippen LogP) is 3.74. The van der Waals surface area contributed by atoms with Crippen molar-refractivity contribution in [3.05, 3.63) is 82.1 Å². The van der Waals surface area contributed by atoms with Crippen molar-refractivity contribution >= 4 is 29.1 Å². The summed E-state index contributed by atoms with van der Waals surface area (Å²) in [5, 5.41) is 8.33. The zero-order valence-electron chi connectivity index (χ0n) is 17.0. The summed E-state index contributed by atoms with van der Waals surface area (Å²) in [6.07, 6.45) is 3.92. The van der Waals surface area contributed by atoms with Crippen LogP contribution >= 0.6 is 23.2 Å². The van der Waals surface area contributed by atoms with Crippen molar-refractivity contribution in [1.82, 2.24) is 20.0 Å². The van der Waals surface area contributed by atoms with Gasteiger partial charge in [-0.15, -0.1) is 0 Å². The Labute approximate surface area is 191 Å². The van der Waals surface area contributed by atoms with Crippen molar-refractivity contribution in [2.24, 2.45) is 0 Å². The number of amides is 1. The first kappa shape index (κ1) is 21.8. The molecule has 162 valence electrons. The van der Waals surface area contributed by atoms with E-state index in [0.29, 0.717) is 29.6 Å². The van der Waals surface area contributed by atoms with E-state index in [4.69, 9.17) is 27.9 Å². The second kappa shape index (κ2) is 10.3. The highest BCUT2D eigenvalue weighted by Crippen LogP contribution is 2.23. The molecule has 8 heteroatoms. The quantitative estimate of drug-likeness (QED) is 0.585. The monoisotopic (exact) mass is 458 g/mol. The van der Waals surface area contributed by atoms with E-state index < -0.39 is 0 Å². The van der Waals surface area contributed by atoms with Crippen LogP contribution in [0, 0.1) is 0 Å². The molecule has 0 radical (unpaired) electrons. The van der Waals surface area contributed by atoms with E-state index in [1.807, 2.05) is 54.7 Å². The third-order valence-electron chi connectivity index (χ3n) is 5.21. The fourth-order valence-corrected chi connectivity index (χ4v) is 3.93. The summed E-state index contributed by atoms with van der Waals surface area (Å²) in [4.78, 5) is 14.7. The third-order valence-corrected chi connectivity index (χ3v) is 5.95. The highest BCUT2D eigenvalue weighted by Gasteiger charge is 2.21. The Morgan fingerprint density at radius 1 is 1.13 bits per heavy atom. The Morgan fingerprint density at radius 3 is 2.68 bits per heavy atom. The van der Waals surface area contributed by atoms with E-state index in [0.717, 1.165) is 36.4 Å². The smallest absolute Gasteiger partial charge is 0.224 e. The Bertz CT molecular complexity index is 1010. The molecule has 1 atom stereocenters. The molecule has 2 heterocycles. The fraction of sp³-hybridized carbons (Fsp3) is 0.304. The summed E-state index contributed by atoms with van der Waals surface area (Å²) in [7, 11) is 0. The van der Waals surface area contributed by atoms with Gasteiger partial charge in [0.2, 0.25) is 5.91 Å². The summed E-state index contributed by atoms with van der Waals surface area (Å²) < 4.78 is 7.62. The minimum Gasteiger partial charge on any atom is -0.374 e. The van der Waals surface area contributed by atoms with Crippen molar-refractivity contribution in [2.45, 2.75) is 19.1 Å². The van der Waals surface area contributed by atoms with Crippen LogP contribution < -0.4 is 5.32 Å². The maximum atomic E-state index is 12.4. The van der Waals surface area contributed by atoms with Crippen LogP contribution in [0.5, 0.6) is 0 Å². The number of carbonyl (C=O) groups excluding carboxylic acids is 1. The molecule has 0 spiro atoms. The lowest BCUT2D eigenvalue weighted by molar-refractivity contribution is -0.121. The Hall–Kier alpha value is -2.38. The van der Waals surface area contributed by atoms with Crippen LogP contribution in [0.2, 0.25) is 10.0 Å². The number of nitrogens with one attached hydrogen (secondary N) is 1. The maximum Gasteiger partial charge on any atom is 0.224 e. The van der Waals surface area contributed by atoms with E-state index in [1.165, 1.54) is 0 Å². The molecule has 0 bridgehead atoms. The molecule has 1 saturated heterocycles. The lowest BCUT2D eigenvalue weighted by Gasteiger charge is -2.33. The van der Waals surface area contributed by atoms with Crippen molar-refractivity contribution in [2.75, 3.05) is 26.2 Å². The van der Waals surface area contributed by atoms with Crippen LogP contribution in [0.3, 0.4) is 0 Å². The average molecular weight is 459 g/mol. The number of hydrogen-bond acceptors (Lipinski definition) is 4. The van der Waals surface area contributed by atoms with E-state index >= 15 is 0 Å². The fourth-order valence-electron chi connectivity index (χ4n) is 3.61. The van der Waals surface area contributed by atoms with E-state index in [-0.39, 0.29) is 12.0 Å². The molecule has 1 aliphatic heterocycles. The number of halogens is 2. The van der Waals surface area contributed by atoms with Crippen LogP contribution in [-0.2, 0) is 22.5 Å². The lowest BCUT2D eigenvalue weighted by Crippen LogP contribution is -2.47. The molecule has 0 saturated carbocycles. The number of ether oxygens (including phenoxy) is 1. The highest BCUT2D eigenvalue weighted by molar-refractivity contribution is 6.42. The topological polar surface area (TPSA) is 59.4 Å². The molecule has 1 N–H and O–H groups in total. The van der Waals surface area contributed by atoms with Gasteiger partial charge in [0, 0.05) is 38.6 Å². The van der Waals surface area contributed by atoms with Crippen molar-refractivity contribution in [3.8, 4) is 5.69 Å². The molecular formula is C23H24Cl2N4O2. The number of nitrogens with zero attached hydrogens (tertiary/aromatic N) is 3. The van der Waals surface area contributed by atoms with Gasteiger partial charge >= 0.3 is 0 Å². The lowest BCUT2D eigenvalue weighted by atomic mass is 10.1. The van der Waals surface area contributed by atoms with Crippen molar-refractivity contribution < 1.29 is 9.53 Å². The molecule has 0 aliphatic carbocycles. The second-order valence-corrected chi connectivity index (χ2v) is 8.39. The molecule has 2 aromatic carbocycles. The normalized spacial score (nSPS) is 16.9. The number of carbonyl (C=O) groups is 1. The van der Waals surface area contributed by atoms with Crippen LogP contribution in [0.1, 0.15) is 11.1 Å². The highest BCUT2D eigenvalue weighted by atomic mass is 35.5. The van der Waals surface area contributed by atoms with Gasteiger partial charge in [-0.3, -0.25) is 9.69 Å². The van der Waals surface area contributed by atoms with Crippen LogP contribution in [0.4, 0.5) is 0 Å². The molecule has 1 aliphatic rings. The SMILES string of the molecule is O=C(Cc1ccc(-n2cccn2)cc1)NC[C@H]1CN(Cc2ccc(Cl)c(Cl)c2)CCO1. The van der Waals surface area contributed by atoms with Crippen molar-refractivity contribution in [3.63, 3.8) is 0 Å². The Morgan fingerprint density at radius 2 is 1.94 bits per heavy atom. The number of rotatable bonds is 7. The van der Waals surface area contributed by atoms with E-state index in [2.05, 4.69) is 15.3 Å². The largest absolute Gasteiger partial charge is 0.374 e. The van der Waals surface area contributed by atoms with Gasteiger partial charge in [-0.1, -0.05) is 41.4 Å². The van der Waals surface area contributed by atoms with Gasteiger partial charge in [0.25, 0.3) is 0 Å². The zero-order chi connectivity index (χ0) is 21.6. The number of benzene rings is 2. The molecule has 0 unspecified atom stereocenters. The van der Waals surface area contributed by atoms with Gasteiger partial charge in [0.05, 0.1) is 34.9 Å². The predicted molar refractivity (Wildman–Crippen MR) is 122 cm³/mol. The minimum absolute atomic E-state index is 0.0166. The first-order chi connectivity index (χ1) is 15.1. The maximum absolute atomic E-state index is 12.4. The summed E-state index contributed by atoms with van der Waals surface area (Å²) in [5.74, 6) is -0.0166. The van der Waals surface area contributed by atoms with Gasteiger partial charge < -0.3 is 10.1 Å². The summed E-state index contributed by atoms with van der Waals surface area (Å²) in [6, 6.07) is 15.4. The molecule has 1 amide bonds. The Balaban J connectivity index is 1.23. The summed E-state index contributed by atoms with van der Waals surface area (Å²) in [5.41, 5.74) is 3.03. The number of hydrogen-bond donors (Lipinski definition) is 1. The summed E-state index contributed by atoms with van der Waals surface area (Å²) in [6.45, 7) is 3.48. The zero-order valence-corrected chi connectivity index (χ0v) is 18.5. The molecule has 31 heavy (non-hydrogen) atoms. The standard InChI is InChI=1S/C23H24Cl2N4O2/c24-21-7-4-18(12-22(21)25)15-28-10-11-31-20(16-28)14-26-23(30)13-17-2-5-19(6-3-17)29-9-1-8-27-29/h1-9,12,20H,10-11,13-16H2,(H,26,30)/t20-/m0/s1.